The Morgan fingerprint density at radius 1 is 1.50 bits per heavy atom. The van der Waals surface area contributed by atoms with E-state index in [2.05, 4.69) is 21.8 Å². The first-order valence-electron chi connectivity index (χ1n) is 7.45. The highest BCUT2D eigenvalue weighted by molar-refractivity contribution is 5.66. The second-order valence-corrected chi connectivity index (χ2v) is 5.37. The van der Waals surface area contributed by atoms with Gasteiger partial charge in [-0.2, -0.15) is 0 Å². The molecule has 2 rings (SSSR count). The van der Waals surface area contributed by atoms with Crippen molar-refractivity contribution in [3.8, 4) is 0 Å². The fraction of sp³-hybridized carbons (Fsp3) is 0.667. The Morgan fingerprint density at radius 3 is 3.10 bits per heavy atom. The van der Waals surface area contributed by atoms with Gasteiger partial charge in [-0.15, -0.1) is 0 Å². The molecule has 0 radical (unpaired) electrons. The first-order valence-corrected chi connectivity index (χ1v) is 7.45. The number of hydrogen-bond acceptors (Lipinski definition) is 4. The number of rotatable bonds is 6. The third kappa shape index (κ3) is 4.27. The van der Waals surface area contributed by atoms with Crippen LogP contribution in [0.1, 0.15) is 50.5 Å². The largest absolute Gasteiger partial charge is 0.481 e. The Labute approximate surface area is 120 Å². The van der Waals surface area contributed by atoms with Crippen LogP contribution >= 0.6 is 0 Å². The Hall–Kier alpha value is -1.49. The van der Waals surface area contributed by atoms with Gasteiger partial charge in [-0.3, -0.25) is 9.69 Å². The van der Waals surface area contributed by atoms with E-state index in [1.807, 2.05) is 12.3 Å². The van der Waals surface area contributed by atoms with Crippen LogP contribution in [0.3, 0.4) is 0 Å². The molecule has 5 heteroatoms. The summed E-state index contributed by atoms with van der Waals surface area (Å²) >= 11 is 0. The van der Waals surface area contributed by atoms with Gasteiger partial charge >= 0.3 is 5.97 Å². The molecule has 1 aromatic rings. The van der Waals surface area contributed by atoms with Crippen molar-refractivity contribution in [1.82, 2.24) is 14.9 Å². The molecular formula is C15H23N3O2. The van der Waals surface area contributed by atoms with E-state index in [1.54, 1.807) is 0 Å². The summed E-state index contributed by atoms with van der Waals surface area (Å²) in [5.41, 5.74) is 1.04. The van der Waals surface area contributed by atoms with Crippen molar-refractivity contribution in [1.29, 1.82) is 0 Å². The van der Waals surface area contributed by atoms with Gasteiger partial charge in [0.15, 0.2) is 0 Å². The maximum atomic E-state index is 10.8. The first kappa shape index (κ1) is 14.9. The molecule has 0 spiro atoms. The number of likely N-dealkylation sites (tertiary alicyclic amines) is 1. The number of nitrogens with zero attached hydrogens (tertiary/aromatic N) is 3. The maximum absolute atomic E-state index is 10.8. The lowest BCUT2D eigenvalue weighted by atomic mass is 9.97. The highest BCUT2D eigenvalue weighted by Crippen LogP contribution is 2.22. The van der Waals surface area contributed by atoms with E-state index in [0.29, 0.717) is 6.04 Å². The fourth-order valence-corrected chi connectivity index (χ4v) is 2.79. The van der Waals surface area contributed by atoms with E-state index < -0.39 is 5.97 Å². The first-order chi connectivity index (χ1) is 9.69. The molecule has 1 fully saturated rings. The molecule has 1 aliphatic rings. The number of piperidine rings is 1. The zero-order valence-electron chi connectivity index (χ0n) is 12.1. The summed E-state index contributed by atoms with van der Waals surface area (Å²) < 4.78 is 0. The molecule has 0 saturated carbocycles. The minimum absolute atomic E-state index is 0.255. The zero-order chi connectivity index (χ0) is 14.4. The number of aliphatic carboxylic acids is 1. The van der Waals surface area contributed by atoms with Crippen molar-refractivity contribution in [2.24, 2.45) is 0 Å². The molecule has 0 aromatic carbocycles. The van der Waals surface area contributed by atoms with E-state index >= 15 is 0 Å². The van der Waals surface area contributed by atoms with Crippen LogP contribution in [0.5, 0.6) is 0 Å². The molecule has 1 aromatic heterocycles. The Kier molecular flexibility index (Phi) is 5.47. The van der Waals surface area contributed by atoms with E-state index in [1.165, 1.54) is 12.8 Å². The van der Waals surface area contributed by atoms with Crippen LogP contribution in [0.25, 0.3) is 0 Å². The lowest BCUT2D eigenvalue weighted by Gasteiger charge is -2.35. The lowest BCUT2D eigenvalue weighted by Crippen LogP contribution is -2.39. The van der Waals surface area contributed by atoms with Gasteiger partial charge in [0.05, 0.1) is 5.69 Å². The van der Waals surface area contributed by atoms with Crippen LogP contribution in [-0.2, 0) is 17.8 Å². The number of carbonyl (C=O) groups is 1. The maximum Gasteiger partial charge on any atom is 0.303 e. The van der Waals surface area contributed by atoms with Gasteiger partial charge in [0.1, 0.15) is 5.82 Å². The highest BCUT2D eigenvalue weighted by atomic mass is 16.4. The summed E-state index contributed by atoms with van der Waals surface area (Å²) in [5, 5.41) is 8.85. The average molecular weight is 277 g/mol. The van der Waals surface area contributed by atoms with E-state index in [0.717, 1.165) is 43.9 Å². The van der Waals surface area contributed by atoms with Crippen molar-refractivity contribution >= 4 is 5.97 Å². The highest BCUT2D eigenvalue weighted by Gasteiger charge is 2.23. The third-order valence-electron chi connectivity index (χ3n) is 3.88. The molecule has 1 atom stereocenters. The monoisotopic (exact) mass is 277 g/mol. The van der Waals surface area contributed by atoms with Gasteiger partial charge in [0.2, 0.25) is 0 Å². The SMILES string of the molecule is CCc1nccc(CN2CCCC[C@@H]2CCC(=O)O)n1. The summed E-state index contributed by atoms with van der Waals surface area (Å²) in [6.07, 6.45) is 7.14. The van der Waals surface area contributed by atoms with Gasteiger partial charge in [0, 0.05) is 31.6 Å². The second-order valence-electron chi connectivity index (χ2n) is 5.37. The van der Waals surface area contributed by atoms with Gasteiger partial charge in [-0.25, -0.2) is 9.97 Å². The van der Waals surface area contributed by atoms with Gasteiger partial charge < -0.3 is 5.11 Å². The number of aromatic nitrogens is 2. The standard InChI is InChI=1S/C15H23N3O2/c1-2-14-16-9-8-12(17-14)11-18-10-4-3-5-13(18)6-7-15(19)20/h8-9,13H,2-7,10-11H2,1H3,(H,19,20)/t13-/m1/s1. The Morgan fingerprint density at radius 2 is 2.35 bits per heavy atom. The Bertz CT molecular complexity index is 450. The number of aryl methyl sites for hydroxylation is 1. The van der Waals surface area contributed by atoms with Gasteiger partial charge in [-0.05, 0) is 31.9 Å². The van der Waals surface area contributed by atoms with Crippen molar-refractivity contribution in [2.75, 3.05) is 6.54 Å². The van der Waals surface area contributed by atoms with Crippen LogP contribution in [0.2, 0.25) is 0 Å². The molecule has 0 unspecified atom stereocenters. The number of hydrogen-bond donors (Lipinski definition) is 1. The average Bonchev–Trinajstić information content (AvgIpc) is 2.46. The molecular weight excluding hydrogens is 254 g/mol. The Balaban J connectivity index is 1.98. The summed E-state index contributed by atoms with van der Waals surface area (Å²) in [7, 11) is 0. The minimum Gasteiger partial charge on any atom is -0.481 e. The predicted octanol–water partition coefficient (Wildman–Crippen LogP) is 2.26. The van der Waals surface area contributed by atoms with Crippen LogP contribution < -0.4 is 0 Å². The minimum atomic E-state index is -0.703. The molecule has 0 bridgehead atoms. The van der Waals surface area contributed by atoms with Gasteiger partial charge in [0.25, 0.3) is 0 Å². The third-order valence-corrected chi connectivity index (χ3v) is 3.88. The van der Waals surface area contributed by atoms with Crippen molar-refractivity contribution < 1.29 is 9.90 Å². The summed E-state index contributed by atoms with van der Waals surface area (Å²) in [5.74, 6) is 0.174. The molecule has 0 aliphatic carbocycles. The van der Waals surface area contributed by atoms with Crippen LogP contribution in [0.15, 0.2) is 12.3 Å². The molecule has 2 heterocycles. The van der Waals surface area contributed by atoms with Crippen LogP contribution in [-0.4, -0.2) is 38.5 Å². The van der Waals surface area contributed by atoms with Crippen molar-refractivity contribution in [2.45, 2.75) is 58.0 Å². The lowest BCUT2D eigenvalue weighted by molar-refractivity contribution is -0.137. The second kappa shape index (κ2) is 7.33. The number of carboxylic acids is 1. The summed E-state index contributed by atoms with van der Waals surface area (Å²) in [6.45, 7) is 3.89. The molecule has 1 aliphatic heterocycles. The molecule has 0 amide bonds. The van der Waals surface area contributed by atoms with Crippen LogP contribution in [0, 0.1) is 0 Å². The molecule has 5 nitrogen and oxygen atoms in total. The van der Waals surface area contributed by atoms with Crippen molar-refractivity contribution in [3.63, 3.8) is 0 Å². The fourth-order valence-electron chi connectivity index (χ4n) is 2.79. The molecule has 110 valence electrons. The number of carboxylic acid groups (broad SMARTS) is 1. The summed E-state index contributed by atoms with van der Waals surface area (Å²) in [4.78, 5) is 21.9. The molecule has 20 heavy (non-hydrogen) atoms. The van der Waals surface area contributed by atoms with Crippen molar-refractivity contribution in [3.05, 3.63) is 23.8 Å². The zero-order valence-corrected chi connectivity index (χ0v) is 12.1. The summed E-state index contributed by atoms with van der Waals surface area (Å²) in [6, 6.07) is 2.34. The van der Waals surface area contributed by atoms with Gasteiger partial charge in [-0.1, -0.05) is 13.3 Å². The quantitative estimate of drug-likeness (QED) is 0.864. The van der Waals surface area contributed by atoms with Crippen LogP contribution in [0.4, 0.5) is 0 Å². The normalized spacial score (nSPS) is 19.9. The predicted molar refractivity (Wildman–Crippen MR) is 76.3 cm³/mol. The van der Waals surface area contributed by atoms with E-state index in [-0.39, 0.29) is 6.42 Å². The molecule has 1 saturated heterocycles. The van der Waals surface area contributed by atoms with E-state index in [4.69, 9.17) is 5.11 Å². The molecule has 1 N–H and O–H groups in total. The smallest absolute Gasteiger partial charge is 0.303 e. The topological polar surface area (TPSA) is 66.3 Å². The van der Waals surface area contributed by atoms with E-state index in [9.17, 15) is 4.79 Å².